The van der Waals surface area contributed by atoms with Crippen LogP contribution in [0.1, 0.15) is 33.6 Å². The van der Waals surface area contributed by atoms with E-state index in [1.807, 2.05) is 0 Å². The first kappa shape index (κ1) is 18.9. The molecule has 1 aliphatic heterocycles. The minimum atomic E-state index is -0.600. The van der Waals surface area contributed by atoms with Gasteiger partial charge < -0.3 is 19.5 Å². The summed E-state index contributed by atoms with van der Waals surface area (Å²) in [5.41, 5.74) is -0.0978. The summed E-state index contributed by atoms with van der Waals surface area (Å²) in [6, 6.07) is 4.58. The van der Waals surface area contributed by atoms with Gasteiger partial charge in [-0.3, -0.25) is 9.69 Å². The average Bonchev–Trinajstić information content (AvgIpc) is 3.03. The van der Waals surface area contributed by atoms with Gasteiger partial charge in [0.1, 0.15) is 23.1 Å². The molecule has 1 aliphatic rings. The lowest BCUT2D eigenvalue weighted by molar-refractivity contribution is -0.120. The molecule has 138 valence electrons. The van der Waals surface area contributed by atoms with E-state index >= 15 is 0 Å². The van der Waals surface area contributed by atoms with Crippen LogP contribution in [-0.2, 0) is 9.53 Å². The molecule has 0 saturated carbocycles. The highest BCUT2D eigenvalue weighted by molar-refractivity contribution is 5.98. The summed E-state index contributed by atoms with van der Waals surface area (Å²) in [4.78, 5) is 26.5. The number of nitrogens with one attached hydrogen (secondary N) is 1. The minimum absolute atomic E-state index is 0.269. The Bertz CT molecular complexity index is 639. The Morgan fingerprint density at radius 1 is 1.20 bits per heavy atom. The Kier molecular flexibility index (Phi) is 5.77. The Labute approximate surface area is 148 Å². The molecule has 1 unspecified atom stereocenters. The lowest BCUT2D eigenvalue weighted by atomic mass is 10.2. The quantitative estimate of drug-likeness (QED) is 0.903. The third kappa shape index (κ3) is 4.78. The first-order chi connectivity index (χ1) is 11.7. The zero-order chi connectivity index (χ0) is 18.6. The summed E-state index contributed by atoms with van der Waals surface area (Å²) in [6.07, 6.45) is 0.881. The molecule has 1 saturated heterocycles. The van der Waals surface area contributed by atoms with Crippen LogP contribution in [0.25, 0.3) is 0 Å². The molecule has 0 aliphatic carbocycles. The second-order valence-electron chi connectivity index (χ2n) is 6.89. The predicted octanol–water partition coefficient (Wildman–Crippen LogP) is 3.04. The molecule has 1 atom stereocenters. The van der Waals surface area contributed by atoms with Gasteiger partial charge in [0.05, 0.1) is 19.9 Å². The maximum atomic E-state index is 12.7. The summed E-state index contributed by atoms with van der Waals surface area (Å²) in [7, 11) is 3.08. The fraction of sp³-hybridized carbons (Fsp3) is 0.556. The number of hydrogen-bond acceptors (Lipinski definition) is 5. The maximum Gasteiger partial charge on any atom is 0.410 e. The van der Waals surface area contributed by atoms with Gasteiger partial charge in [-0.2, -0.15) is 0 Å². The van der Waals surface area contributed by atoms with Gasteiger partial charge in [0, 0.05) is 12.6 Å². The molecule has 1 fully saturated rings. The molecule has 0 aromatic heterocycles. The molecular formula is C18H26N2O5. The van der Waals surface area contributed by atoms with Crippen LogP contribution < -0.4 is 14.8 Å². The third-order valence-electron chi connectivity index (χ3n) is 3.85. The van der Waals surface area contributed by atoms with Crippen molar-refractivity contribution in [2.45, 2.75) is 45.3 Å². The summed E-state index contributed by atoms with van der Waals surface area (Å²) in [6.45, 7) is 5.91. The van der Waals surface area contributed by atoms with Crippen LogP contribution in [0.5, 0.6) is 11.5 Å². The molecule has 0 radical (unpaired) electrons. The van der Waals surface area contributed by atoms with Crippen molar-refractivity contribution in [3.05, 3.63) is 18.2 Å². The monoisotopic (exact) mass is 350 g/mol. The molecule has 0 bridgehead atoms. The molecule has 25 heavy (non-hydrogen) atoms. The van der Waals surface area contributed by atoms with Gasteiger partial charge in [-0.05, 0) is 45.7 Å². The normalized spacial score (nSPS) is 17.2. The predicted molar refractivity (Wildman–Crippen MR) is 94.1 cm³/mol. The highest BCUT2D eigenvalue weighted by Gasteiger charge is 2.36. The van der Waals surface area contributed by atoms with Crippen LogP contribution in [0.2, 0.25) is 0 Å². The molecule has 1 N–H and O–H groups in total. The zero-order valence-corrected chi connectivity index (χ0v) is 15.4. The van der Waals surface area contributed by atoms with Crippen LogP contribution in [-0.4, -0.2) is 49.3 Å². The summed E-state index contributed by atoms with van der Waals surface area (Å²) < 4.78 is 15.9. The number of likely N-dealkylation sites (tertiary alicyclic amines) is 1. The number of carbonyl (C=O) groups is 2. The first-order valence-corrected chi connectivity index (χ1v) is 8.27. The fourth-order valence-corrected chi connectivity index (χ4v) is 2.71. The number of methoxy groups -OCH3 is 2. The Morgan fingerprint density at radius 3 is 2.52 bits per heavy atom. The van der Waals surface area contributed by atoms with Crippen molar-refractivity contribution < 1.29 is 23.8 Å². The summed E-state index contributed by atoms with van der Waals surface area (Å²) in [5.74, 6) is 0.859. The number of ether oxygens (including phenoxy) is 3. The second-order valence-corrected chi connectivity index (χ2v) is 6.89. The first-order valence-electron chi connectivity index (χ1n) is 8.27. The van der Waals surface area contributed by atoms with Crippen LogP contribution in [0.4, 0.5) is 10.5 Å². The van der Waals surface area contributed by atoms with Crippen molar-refractivity contribution >= 4 is 17.7 Å². The number of anilines is 1. The molecule has 7 heteroatoms. The van der Waals surface area contributed by atoms with Gasteiger partial charge in [0.25, 0.3) is 0 Å². The molecule has 1 aromatic rings. The summed E-state index contributed by atoms with van der Waals surface area (Å²) in [5, 5.41) is 2.83. The van der Waals surface area contributed by atoms with E-state index in [0.29, 0.717) is 30.2 Å². The maximum absolute atomic E-state index is 12.7. The van der Waals surface area contributed by atoms with Gasteiger partial charge >= 0.3 is 6.09 Å². The van der Waals surface area contributed by atoms with Crippen LogP contribution in [0.15, 0.2) is 18.2 Å². The van der Waals surface area contributed by atoms with Crippen molar-refractivity contribution in [1.29, 1.82) is 0 Å². The Hall–Kier alpha value is -2.44. The minimum Gasteiger partial charge on any atom is -0.497 e. The molecule has 1 heterocycles. The molecule has 2 amide bonds. The van der Waals surface area contributed by atoms with E-state index in [1.54, 1.807) is 46.1 Å². The molecule has 1 aromatic carbocycles. The highest BCUT2D eigenvalue weighted by Crippen LogP contribution is 2.30. The Morgan fingerprint density at radius 2 is 1.92 bits per heavy atom. The van der Waals surface area contributed by atoms with E-state index in [4.69, 9.17) is 14.2 Å². The lowest BCUT2D eigenvalue weighted by Gasteiger charge is -2.28. The number of carbonyl (C=O) groups excluding carboxylic acids is 2. The second kappa shape index (κ2) is 7.63. The summed E-state index contributed by atoms with van der Waals surface area (Å²) >= 11 is 0. The van der Waals surface area contributed by atoms with Gasteiger partial charge in [-0.1, -0.05) is 0 Å². The van der Waals surface area contributed by atoms with E-state index in [0.717, 1.165) is 6.42 Å². The van der Waals surface area contributed by atoms with E-state index in [1.165, 1.54) is 12.0 Å². The molecule has 0 spiro atoms. The molecule has 7 nitrogen and oxygen atoms in total. The number of nitrogens with zero attached hydrogens (tertiary/aromatic N) is 1. The van der Waals surface area contributed by atoms with Crippen molar-refractivity contribution in [1.82, 2.24) is 4.90 Å². The van der Waals surface area contributed by atoms with Crippen LogP contribution >= 0.6 is 0 Å². The van der Waals surface area contributed by atoms with Gasteiger partial charge in [-0.25, -0.2) is 4.79 Å². The number of hydrogen-bond donors (Lipinski definition) is 1. The van der Waals surface area contributed by atoms with Crippen molar-refractivity contribution in [2.24, 2.45) is 0 Å². The van der Waals surface area contributed by atoms with E-state index < -0.39 is 17.7 Å². The van der Waals surface area contributed by atoms with Gasteiger partial charge in [0.15, 0.2) is 0 Å². The highest BCUT2D eigenvalue weighted by atomic mass is 16.6. The van der Waals surface area contributed by atoms with Crippen molar-refractivity contribution in [3.8, 4) is 11.5 Å². The fourth-order valence-electron chi connectivity index (χ4n) is 2.71. The average molecular weight is 350 g/mol. The number of rotatable bonds is 4. The van der Waals surface area contributed by atoms with Crippen LogP contribution in [0, 0.1) is 0 Å². The molecular weight excluding hydrogens is 324 g/mol. The number of benzene rings is 1. The standard InChI is InChI=1S/C18H26N2O5/c1-18(2,3)25-17(22)20-10-6-7-14(20)16(21)19-13-11-12(23-4)8-9-15(13)24-5/h8-9,11,14H,6-7,10H2,1-5H3,(H,19,21). The van der Waals surface area contributed by atoms with Gasteiger partial charge in [0.2, 0.25) is 5.91 Å². The zero-order valence-electron chi connectivity index (χ0n) is 15.4. The van der Waals surface area contributed by atoms with Crippen molar-refractivity contribution in [2.75, 3.05) is 26.1 Å². The topological polar surface area (TPSA) is 77.1 Å². The molecule has 2 rings (SSSR count). The van der Waals surface area contributed by atoms with Crippen LogP contribution in [0.3, 0.4) is 0 Å². The Balaban J connectivity index is 2.13. The van der Waals surface area contributed by atoms with E-state index in [2.05, 4.69) is 5.32 Å². The third-order valence-corrected chi connectivity index (χ3v) is 3.85. The lowest BCUT2D eigenvalue weighted by Crippen LogP contribution is -2.45. The smallest absolute Gasteiger partial charge is 0.410 e. The van der Waals surface area contributed by atoms with E-state index in [-0.39, 0.29) is 5.91 Å². The SMILES string of the molecule is COc1ccc(OC)c(NC(=O)C2CCCN2C(=O)OC(C)(C)C)c1. The van der Waals surface area contributed by atoms with Crippen molar-refractivity contribution in [3.63, 3.8) is 0 Å². The number of amides is 2. The van der Waals surface area contributed by atoms with E-state index in [9.17, 15) is 9.59 Å². The largest absolute Gasteiger partial charge is 0.497 e. The van der Waals surface area contributed by atoms with Gasteiger partial charge in [-0.15, -0.1) is 0 Å².